The second kappa shape index (κ2) is 5.74. The first kappa shape index (κ1) is 14.1. The summed E-state index contributed by atoms with van der Waals surface area (Å²) in [7, 11) is 1.44. The molecule has 0 saturated carbocycles. The van der Waals surface area contributed by atoms with Gasteiger partial charge in [0, 0.05) is 10.7 Å². The van der Waals surface area contributed by atoms with E-state index in [1.54, 1.807) is 18.2 Å². The number of aromatic amines is 2. The Bertz CT molecular complexity index is 766. The molecule has 1 aromatic heterocycles. The summed E-state index contributed by atoms with van der Waals surface area (Å²) in [5, 5.41) is 2.40. The summed E-state index contributed by atoms with van der Waals surface area (Å²) >= 11 is 3.25. The van der Waals surface area contributed by atoms with Gasteiger partial charge in [0.15, 0.2) is 0 Å². The van der Waals surface area contributed by atoms with Gasteiger partial charge in [0.2, 0.25) is 0 Å². The molecule has 0 aliphatic carbocycles. The van der Waals surface area contributed by atoms with E-state index in [4.69, 9.17) is 4.74 Å². The molecule has 0 radical (unpaired) electrons. The average molecular weight is 340 g/mol. The van der Waals surface area contributed by atoms with Crippen molar-refractivity contribution in [3.05, 3.63) is 55.3 Å². The van der Waals surface area contributed by atoms with Gasteiger partial charge >= 0.3 is 5.69 Å². The third kappa shape index (κ3) is 2.97. The number of carbonyl (C=O) groups is 1. The second-order valence-electron chi connectivity index (χ2n) is 3.78. The number of benzene rings is 1. The van der Waals surface area contributed by atoms with Crippen molar-refractivity contribution in [3.8, 4) is 5.75 Å². The van der Waals surface area contributed by atoms with Gasteiger partial charge in [-0.25, -0.2) is 4.79 Å². The maximum absolute atomic E-state index is 12.1. The molecular weight excluding hydrogens is 330 g/mol. The van der Waals surface area contributed by atoms with E-state index < -0.39 is 17.2 Å². The fraction of sp³-hybridized carbons (Fsp3) is 0.0833. The number of anilines is 1. The van der Waals surface area contributed by atoms with Crippen LogP contribution in [0.15, 0.2) is 38.5 Å². The Morgan fingerprint density at radius 1 is 1.35 bits per heavy atom. The van der Waals surface area contributed by atoms with Crippen molar-refractivity contribution in [2.24, 2.45) is 0 Å². The van der Waals surface area contributed by atoms with E-state index in [1.807, 2.05) is 4.98 Å². The van der Waals surface area contributed by atoms with E-state index in [0.717, 1.165) is 6.20 Å². The van der Waals surface area contributed by atoms with Crippen LogP contribution in [0.2, 0.25) is 0 Å². The van der Waals surface area contributed by atoms with E-state index in [9.17, 15) is 14.4 Å². The Morgan fingerprint density at radius 2 is 2.10 bits per heavy atom. The fourth-order valence-corrected chi connectivity index (χ4v) is 1.91. The molecule has 2 aromatic rings. The van der Waals surface area contributed by atoms with Crippen LogP contribution in [0, 0.1) is 0 Å². The third-order valence-corrected chi connectivity index (χ3v) is 2.97. The van der Waals surface area contributed by atoms with Gasteiger partial charge in [0.25, 0.3) is 11.5 Å². The average Bonchev–Trinajstić information content (AvgIpc) is 2.41. The van der Waals surface area contributed by atoms with E-state index in [0.29, 0.717) is 10.2 Å². The largest absolute Gasteiger partial charge is 0.496 e. The van der Waals surface area contributed by atoms with Crippen LogP contribution in [0.25, 0.3) is 0 Å². The lowest BCUT2D eigenvalue weighted by Gasteiger charge is -2.09. The topological polar surface area (TPSA) is 104 Å². The normalized spacial score (nSPS) is 10.1. The number of amides is 1. The molecule has 0 atom stereocenters. The van der Waals surface area contributed by atoms with E-state index in [2.05, 4.69) is 26.2 Å². The molecule has 20 heavy (non-hydrogen) atoms. The van der Waals surface area contributed by atoms with Gasteiger partial charge < -0.3 is 15.0 Å². The molecule has 8 heteroatoms. The predicted molar refractivity (Wildman–Crippen MR) is 76.3 cm³/mol. The summed E-state index contributed by atoms with van der Waals surface area (Å²) in [5.74, 6) is -0.160. The maximum Gasteiger partial charge on any atom is 0.325 e. The Labute approximate surface area is 121 Å². The lowest BCUT2D eigenvalue weighted by Crippen LogP contribution is -2.26. The van der Waals surface area contributed by atoms with Crippen LogP contribution in [-0.2, 0) is 0 Å². The second-order valence-corrected chi connectivity index (χ2v) is 4.70. The highest BCUT2D eigenvalue weighted by Crippen LogP contribution is 2.23. The molecule has 0 fully saturated rings. The summed E-state index contributed by atoms with van der Waals surface area (Å²) in [6.07, 6.45) is 1.13. The first-order chi connectivity index (χ1) is 9.51. The molecule has 1 heterocycles. The number of nitrogens with one attached hydrogen (secondary N) is 3. The minimum Gasteiger partial charge on any atom is -0.496 e. The lowest BCUT2D eigenvalue weighted by atomic mass is 10.2. The van der Waals surface area contributed by atoms with Crippen molar-refractivity contribution < 1.29 is 9.53 Å². The van der Waals surface area contributed by atoms with Crippen molar-refractivity contribution in [1.29, 1.82) is 0 Å². The Balaban J connectivity index is 2.35. The quantitative estimate of drug-likeness (QED) is 0.778. The molecule has 7 nitrogen and oxygen atoms in total. The van der Waals surface area contributed by atoms with Gasteiger partial charge in [-0.05, 0) is 18.2 Å². The van der Waals surface area contributed by atoms with Gasteiger partial charge in [0.1, 0.15) is 11.4 Å². The van der Waals surface area contributed by atoms with Crippen molar-refractivity contribution in [1.82, 2.24) is 9.97 Å². The fourth-order valence-electron chi connectivity index (χ4n) is 1.55. The monoisotopic (exact) mass is 339 g/mol. The molecule has 1 amide bonds. The number of methoxy groups -OCH3 is 1. The van der Waals surface area contributed by atoms with Gasteiger partial charge in [-0.15, -0.1) is 0 Å². The van der Waals surface area contributed by atoms with Crippen molar-refractivity contribution >= 4 is 27.5 Å². The highest BCUT2D eigenvalue weighted by atomic mass is 79.9. The number of H-pyrrole nitrogens is 2. The van der Waals surface area contributed by atoms with Gasteiger partial charge in [0.05, 0.1) is 12.7 Å². The zero-order chi connectivity index (χ0) is 14.7. The number of hydrogen-bond acceptors (Lipinski definition) is 4. The van der Waals surface area contributed by atoms with Crippen molar-refractivity contribution in [3.63, 3.8) is 0 Å². The first-order valence-electron chi connectivity index (χ1n) is 5.48. The van der Waals surface area contributed by atoms with Gasteiger partial charge in [-0.3, -0.25) is 14.6 Å². The number of aromatic nitrogens is 2. The standard InChI is InChI=1S/C12H10BrN3O4/c1-20-9-3-2-6(13)4-7(9)10(17)15-8-5-14-12(19)16-11(8)18/h2-5H,1H3,(H,15,17)(H2,14,16,18,19). The van der Waals surface area contributed by atoms with Crippen LogP contribution in [0.3, 0.4) is 0 Å². The molecule has 3 N–H and O–H groups in total. The molecule has 0 saturated heterocycles. The number of rotatable bonds is 3. The molecule has 1 aromatic carbocycles. The van der Waals surface area contributed by atoms with Crippen molar-refractivity contribution in [2.75, 3.05) is 12.4 Å². The minimum absolute atomic E-state index is 0.0587. The highest BCUT2D eigenvalue weighted by Gasteiger charge is 2.14. The van der Waals surface area contributed by atoms with Crippen LogP contribution in [0.4, 0.5) is 5.69 Å². The van der Waals surface area contributed by atoms with Crippen LogP contribution in [0.5, 0.6) is 5.75 Å². The summed E-state index contributed by atoms with van der Waals surface area (Å²) < 4.78 is 5.78. The lowest BCUT2D eigenvalue weighted by molar-refractivity contribution is 0.102. The van der Waals surface area contributed by atoms with E-state index in [-0.39, 0.29) is 11.3 Å². The van der Waals surface area contributed by atoms with E-state index in [1.165, 1.54) is 7.11 Å². The zero-order valence-corrected chi connectivity index (χ0v) is 11.9. The van der Waals surface area contributed by atoms with Gasteiger partial charge in [-0.2, -0.15) is 0 Å². The number of carbonyl (C=O) groups excluding carboxylic acids is 1. The third-order valence-electron chi connectivity index (χ3n) is 2.47. The zero-order valence-electron chi connectivity index (χ0n) is 10.3. The molecule has 0 spiro atoms. The summed E-state index contributed by atoms with van der Waals surface area (Å²) in [4.78, 5) is 38.8. The molecule has 0 bridgehead atoms. The van der Waals surface area contributed by atoms with Crippen LogP contribution in [-0.4, -0.2) is 23.0 Å². The summed E-state index contributed by atoms with van der Waals surface area (Å²) in [5.41, 5.74) is -1.13. The summed E-state index contributed by atoms with van der Waals surface area (Å²) in [6, 6.07) is 4.91. The highest BCUT2D eigenvalue weighted by molar-refractivity contribution is 9.10. The number of ether oxygens (including phenoxy) is 1. The molecular formula is C12H10BrN3O4. The molecule has 0 unspecified atom stereocenters. The van der Waals surface area contributed by atoms with E-state index >= 15 is 0 Å². The summed E-state index contributed by atoms with van der Waals surface area (Å²) in [6.45, 7) is 0. The SMILES string of the molecule is COc1ccc(Br)cc1C(=O)Nc1c[nH]c(=O)[nH]c1=O. The van der Waals surface area contributed by atoms with Crippen molar-refractivity contribution in [2.45, 2.75) is 0 Å². The Hall–Kier alpha value is -2.35. The van der Waals surface area contributed by atoms with Crippen LogP contribution in [0.1, 0.15) is 10.4 Å². The molecule has 104 valence electrons. The number of hydrogen-bond donors (Lipinski definition) is 3. The number of halogens is 1. The Morgan fingerprint density at radius 3 is 2.75 bits per heavy atom. The maximum atomic E-state index is 12.1. The molecule has 2 rings (SSSR count). The predicted octanol–water partition coefficient (Wildman–Crippen LogP) is 1.09. The van der Waals surface area contributed by atoms with Crippen LogP contribution < -0.4 is 21.3 Å². The molecule has 0 aliphatic rings. The first-order valence-corrected chi connectivity index (χ1v) is 6.27. The minimum atomic E-state index is -0.684. The van der Waals surface area contributed by atoms with Crippen LogP contribution >= 0.6 is 15.9 Å². The molecule has 0 aliphatic heterocycles. The Kier molecular flexibility index (Phi) is 4.04. The van der Waals surface area contributed by atoms with Gasteiger partial charge in [-0.1, -0.05) is 15.9 Å². The smallest absolute Gasteiger partial charge is 0.325 e.